The summed E-state index contributed by atoms with van der Waals surface area (Å²) in [6.45, 7) is 1.64. The van der Waals surface area contributed by atoms with Gasteiger partial charge in [0.15, 0.2) is 5.82 Å². The molecule has 1 aromatic heterocycles. The van der Waals surface area contributed by atoms with Gasteiger partial charge in [-0.25, -0.2) is 0 Å². The molecule has 12 heavy (non-hydrogen) atoms. The van der Waals surface area contributed by atoms with E-state index in [0.717, 1.165) is 0 Å². The molecule has 0 spiro atoms. The van der Waals surface area contributed by atoms with Gasteiger partial charge in [0.05, 0.1) is 0 Å². The van der Waals surface area contributed by atoms with E-state index in [1.54, 1.807) is 6.92 Å². The Kier molecular flexibility index (Phi) is 2.16. The van der Waals surface area contributed by atoms with Gasteiger partial charge < -0.3 is 4.52 Å². The minimum absolute atomic E-state index is 0.0789. The first kappa shape index (κ1) is 8.76. The van der Waals surface area contributed by atoms with Crippen LogP contribution in [0.5, 0.6) is 0 Å². The van der Waals surface area contributed by atoms with Crippen molar-refractivity contribution in [3.05, 3.63) is 17.8 Å². The number of nitrogens with zero attached hydrogens (tertiary/aromatic N) is 2. The Balaban J connectivity index is 2.92. The van der Waals surface area contributed by atoms with Crippen molar-refractivity contribution in [2.75, 3.05) is 0 Å². The highest BCUT2D eigenvalue weighted by molar-refractivity contribution is 5.37. The maximum absolute atomic E-state index is 11.8. The smallest absolute Gasteiger partial charge is 0.329 e. The van der Waals surface area contributed by atoms with Crippen LogP contribution in [0.4, 0.5) is 13.2 Å². The molecule has 0 fully saturated rings. The second-order valence-corrected chi connectivity index (χ2v) is 1.96. The zero-order valence-electron chi connectivity index (χ0n) is 6.09. The van der Waals surface area contributed by atoms with Crippen LogP contribution in [0.15, 0.2) is 10.6 Å². The normalized spacial score (nSPS) is 12.7. The fourth-order valence-corrected chi connectivity index (χ4v) is 0.567. The van der Waals surface area contributed by atoms with Gasteiger partial charge in [0, 0.05) is 0 Å². The summed E-state index contributed by atoms with van der Waals surface area (Å²) in [5.41, 5.74) is 0. The van der Waals surface area contributed by atoms with E-state index in [-0.39, 0.29) is 5.82 Å². The number of allylic oxidation sites excluding steroid dienone is 1. The number of hydrogen-bond donors (Lipinski definition) is 0. The molecule has 1 heterocycles. The summed E-state index contributed by atoms with van der Waals surface area (Å²) in [5.74, 6) is -1.40. The Morgan fingerprint density at radius 2 is 2.08 bits per heavy atom. The first-order valence-electron chi connectivity index (χ1n) is 3.07. The average molecular weight is 178 g/mol. The van der Waals surface area contributed by atoms with Crippen molar-refractivity contribution >= 4 is 6.08 Å². The molecule has 0 bridgehead atoms. The molecule has 1 rings (SSSR count). The third kappa shape index (κ3) is 1.84. The lowest BCUT2D eigenvalue weighted by Crippen LogP contribution is -2.04. The van der Waals surface area contributed by atoms with Gasteiger partial charge in [-0.15, -0.1) is 0 Å². The molecule has 0 atom stereocenters. The number of aromatic nitrogens is 2. The number of hydrogen-bond acceptors (Lipinski definition) is 3. The van der Waals surface area contributed by atoms with Crippen LogP contribution in [0, 0.1) is 0 Å². The molecular formula is C6H5F3N2O. The molecule has 0 aliphatic rings. The lowest BCUT2D eigenvalue weighted by atomic mass is 10.5. The van der Waals surface area contributed by atoms with Crippen LogP contribution in [0.3, 0.4) is 0 Å². The molecule has 0 unspecified atom stereocenters. The molecule has 0 N–H and O–H groups in total. The molecule has 1 aromatic rings. The molecule has 0 radical (unpaired) electrons. The predicted molar refractivity (Wildman–Crippen MR) is 34.0 cm³/mol. The van der Waals surface area contributed by atoms with Gasteiger partial charge in [-0.3, -0.25) is 0 Å². The van der Waals surface area contributed by atoms with Crippen LogP contribution in [0.2, 0.25) is 0 Å². The van der Waals surface area contributed by atoms with E-state index >= 15 is 0 Å². The Bertz CT molecular complexity index is 289. The molecule has 0 aliphatic heterocycles. The summed E-state index contributed by atoms with van der Waals surface area (Å²) in [4.78, 5) is 3.08. The Labute approximate surface area is 65.9 Å². The maximum atomic E-state index is 11.8. The van der Waals surface area contributed by atoms with Gasteiger partial charge in [-0.1, -0.05) is 11.2 Å². The molecule has 6 heteroatoms. The Hall–Kier alpha value is -1.33. The molecule has 0 saturated carbocycles. The summed E-state index contributed by atoms with van der Waals surface area (Å²) >= 11 is 0. The molecule has 0 saturated heterocycles. The standard InChI is InChI=1S/C6H5F3N2O/c1-2-3-4-10-5(12-11-4)6(7,8)9/h2-3H,1H3/b3-2+. The summed E-state index contributed by atoms with van der Waals surface area (Å²) in [7, 11) is 0. The monoisotopic (exact) mass is 178 g/mol. The minimum atomic E-state index is -4.56. The molecule has 0 aromatic carbocycles. The quantitative estimate of drug-likeness (QED) is 0.661. The van der Waals surface area contributed by atoms with E-state index in [1.807, 2.05) is 0 Å². The second kappa shape index (κ2) is 2.96. The first-order valence-corrected chi connectivity index (χ1v) is 3.07. The van der Waals surface area contributed by atoms with Crippen LogP contribution in [-0.2, 0) is 6.18 Å². The molecule has 3 nitrogen and oxygen atoms in total. The van der Waals surface area contributed by atoms with Crippen molar-refractivity contribution in [1.29, 1.82) is 0 Å². The summed E-state index contributed by atoms with van der Waals surface area (Å²) in [6.07, 6.45) is -1.73. The fourth-order valence-electron chi connectivity index (χ4n) is 0.567. The zero-order chi connectivity index (χ0) is 9.19. The van der Waals surface area contributed by atoms with Crippen molar-refractivity contribution in [3.8, 4) is 0 Å². The number of alkyl halides is 3. The minimum Gasteiger partial charge on any atom is -0.329 e. The average Bonchev–Trinajstić information content (AvgIpc) is 2.35. The van der Waals surface area contributed by atoms with E-state index < -0.39 is 12.1 Å². The van der Waals surface area contributed by atoms with Crippen LogP contribution in [0.1, 0.15) is 18.6 Å². The predicted octanol–water partition coefficient (Wildman–Crippen LogP) is 2.12. The van der Waals surface area contributed by atoms with E-state index in [4.69, 9.17) is 0 Å². The van der Waals surface area contributed by atoms with Gasteiger partial charge in [0.2, 0.25) is 0 Å². The largest absolute Gasteiger partial charge is 0.471 e. The Morgan fingerprint density at radius 1 is 1.42 bits per heavy atom. The lowest BCUT2D eigenvalue weighted by molar-refractivity contribution is -0.159. The summed E-state index contributed by atoms with van der Waals surface area (Å²) < 4.78 is 39.4. The third-order valence-corrected chi connectivity index (χ3v) is 1.000. The van der Waals surface area contributed by atoms with Crippen molar-refractivity contribution in [2.45, 2.75) is 13.1 Å². The van der Waals surface area contributed by atoms with E-state index in [1.165, 1.54) is 12.2 Å². The second-order valence-electron chi connectivity index (χ2n) is 1.96. The maximum Gasteiger partial charge on any atom is 0.471 e. The summed E-state index contributed by atoms with van der Waals surface area (Å²) in [5, 5.41) is 3.08. The van der Waals surface area contributed by atoms with Gasteiger partial charge in [0.1, 0.15) is 0 Å². The molecular weight excluding hydrogens is 173 g/mol. The topological polar surface area (TPSA) is 38.9 Å². The fraction of sp³-hybridized carbons (Fsp3) is 0.333. The van der Waals surface area contributed by atoms with E-state index in [9.17, 15) is 13.2 Å². The Morgan fingerprint density at radius 3 is 2.50 bits per heavy atom. The van der Waals surface area contributed by atoms with Gasteiger partial charge in [0.25, 0.3) is 0 Å². The van der Waals surface area contributed by atoms with Crippen molar-refractivity contribution in [1.82, 2.24) is 10.1 Å². The lowest BCUT2D eigenvalue weighted by Gasteiger charge is -1.95. The number of rotatable bonds is 1. The van der Waals surface area contributed by atoms with Crippen molar-refractivity contribution in [3.63, 3.8) is 0 Å². The van der Waals surface area contributed by atoms with Crippen LogP contribution in [-0.4, -0.2) is 10.1 Å². The van der Waals surface area contributed by atoms with Gasteiger partial charge in [-0.05, 0) is 13.0 Å². The van der Waals surface area contributed by atoms with Gasteiger partial charge >= 0.3 is 12.1 Å². The molecule has 0 amide bonds. The highest BCUT2D eigenvalue weighted by Crippen LogP contribution is 2.27. The highest BCUT2D eigenvalue weighted by Gasteiger charge is 2.38. The van der Waals surface area contributed by atoms with Crippen molar-refractivity contribution in [2.24, 2.45) is 0 Å². The molecule has 66 valence electrons. The summed E-state index contributed by atoms with van der Waals surface area (Å²) in [6, 6.07) is 0. The van der Waals surface area contributed by atoms with Gasteiger partial charge in [-0.2, -0.15) is 18.2 Å². The van der Waals surface area contributed by atoms with E-state index in [2.05, 4.69) is 14.7 Å². The van der Waals surface area contributed by atoms with Crippen molar-refractivity contribution < 1.29 is 17.7 Å². The van der Waals surface area contributed by atoms with Crippen LogP contribution >= 0.6 is 0 Å². The SMILES string of the molecule is C/C=C/c1noc(C(F)(F)F)n1. The molecule has 0 aliphatic carbocycles. The van der Waals surface area contributed by atoms with Crippen LogP contribution in [0.25, 0.3) is 6.08 Å². The van der Waals surface area contributed by atoms with Crippen LogP contribution < -0.4 is 0 Å². The van der Waals surface area contributed by atoms with E-state index in [0.29, 0.717) is 0 Å². The highest BCUT2D eigenvalue weighted by atomic mass is 19.4. The number of halogens is 3. The third-order valence-electron chi connectivity index (χ3n) is 1.000. The zero-order valence-corrected chi connectivity index (χ0v) is 6.09. The first-order chi connectivity index (χ1) is 5.54.